The molecule has 3 nitrogen and oxygen atoms in total. The first kappa shape index (κ1) is 16.6. The third-order valence-electron chi connectivity index (χ3n) is 3.27. The summed E-state index contributed by atoms with van der Waals surface area (Å²) in [5, 5.41) is 28.8. The summed E-state index contributed by atoms with van der Waals surface area (Å²) in [7, 11) is 0. The van der Waals surface area contributed by atoms with E-state index in [9.17, 15) is 10.2 Å². The fraction of sp³-hybridized carbons (Fsp3) is 0.412. The van der Waals surface area contributed by atoms with Crippen molar-refractivity contribution in [1.82, 2.24) is 0 Å². The molecule has 0 heterocycles. The summed E-state index contributed by atoms with van der Waals surface area (Å²) in [5.41, 5.74) is 1.74. The molecule has 20 heavy (non-hydrogen) atoms. The average Bonchev–Trinajstić information content (AvgIpc) is 2.49. The third-order valence-corrected chi connectivity index (χ3v) is 3.27. The lowest BCUT2D eigenvalue weighted by molar-refractivity contribution is 0.180. The predicted octanol–water partition coefficient (Wildman–Crippen LogP) is 2.75. The van der Waals surface area contributed by atoms with Crippen LogP contribution in [-0.2, 0) is 0 Å². The quantitative estimate of drug-likeness (QED) is 0.640. The van der Waals surface area contributed by atoms with Crippen LogP contribution in [0.15, 0.2) is 54.1 Å². The molecule has 3 heteroatoms. The van der Waals surface area contributed by atoms with E-state index in [0.29, 0.717) is 19.3 Å². The van der Waals surface area contributed by atoms with Crippen molar-refractivity contribution in [2.75, 3.05) is 6.61 Å². The number of benzene rings is 1. The first-order valence-electron chi connectivity index (χ1n) is 7.01. The fourth-order valence-electron chi connectivity index (χ4n) is 2.05. The van der Waals surface area contributed by atoms with Crippen molar-refractivity contribution >= 4 is 0 Å². The molecule has 0 aromatic heterocycles. The van der Waals surface area contributed by atoms with Crippen LogP contribution < -0.4 is 0 Å². The highest BCUT2D eigenvalue weighted by molar-refractivity contribution is 5.18. The standard InChI is InChI=1S/C17H24O3/c1-2-14(12-13-18)16(19)10-6-7-11-17(20)15-8-4-3-5-9-15/h2-9,16-20H,10-13H2,1H3/b7-6+,14-2+. The second-order valence-corrected chi connectivity index (χ2v) is 4.72. The first-order chi connectivity index (χ1) is 9.69. The molecule has 0 aliphatic carbocycles. The summed E-state index contributed by atoms with van der Waals surface area (Å²) in [6.07, 6.45) is 6.06. The van der Waals surface area contributed by atoms with Crippen molar-refractivity contribution < 1.29 is 15.3 Å². The van der Waals surface area contributed by atoms with Gasteiger partial charge in [-0.25, -0.2) is 0 Å². The van der Waals surface area contributed by atoms with E-state index in [-0.39, 0.29) is 6.61 Å². The lowest BCUT2D eigenvalue weighted by atomic mass is 10.0. The van der Waals surface area contributed by atoms with Gasteiger partial charge in [-0.1, -0.05) is 48.6 Å². The Morgan fingerprint density at radius 3 is 2.35 bits per heavy atom. The van der Waals surface area contributed by atoms with Gasteiger partial charge in [0.25, 0.3) is 0 Å². The molecule has 3 N–H and O–H groups in total. The maximum atomic E-state index is 9.97. The lowest BCUT2D eigenvalue weighted by Gasteiger charge is -2.12. The van der Waals surface area contributed by atoms with Crippen molar-refractivity contribution in [3.63, 3.8) is 0 Å². The molecule has 0 saturated carbocycles. The molecule has 1 aromatic carbocycles. The summed E-state index contributed by atoms with van der Waals surface area (Å²) in [5.74, 6) is 0. The third kappa shape index (κ3) is 5.70. The van der Waals surface area contributed by atoms with Crippen LogP contribution in [0.4, 0.5) is 0 Å². The molecule has 1 rings (SSSR count). The highest BCUT2D eigenvalue weighted by Crippen LogP contribution is 2.17. The van der Waals surface area contributed by atoms with Gasteiger partial charge >= 0.3 is 0 Å². The highest BCUT2D eigenvalue weighted by atomic mass is 16.3. The highest BCUT2D eigenvalue weighted by Gasteiger charge is 2.08. The van der Waals surface area contributed by atoms with E-state index in [0.717, 1.165) is 11.1 Å². The first-order valence-corrected chi connectivity index (χ1v) is 7.01. The maximum Gasteiger partial charge on any atom is 0.0824 e. The van der Waals surface area contributed by atoms with Gasteiger partial charge in [0.1, 0.15) is 0 Å². The average molecular weight is 276 g/mol. The smallest absolute Gasteiger partial charge is 0.0824 e. The molecule has 1 aromatic rings. The minimum atomic E-state index is -0.558. The molecule has 0 fully saturated rings. The summed E-state index contributed by atoms with van der Waals surface area (Å²) in [6, 6.07) is 9.51. The van der Waals surface area contributed by atoms with Gasteiger partial charge in [-0.05, 0) is 37.3 Å². The van der Waals surface area contributed by atoms with E-state index in [1.807, 2.05) is 55.5 Å². The minimum absolute atomic E-state index is 0.0488. The Morgan fingerprint density at radius 1 is 1.10 bits per heavy atom. The van der Waals surface area contributed by atoms with E-state index in [2.05, 4.69) is 0 Å². The monoisotopic (exact) mass is 276 g/mol. The molecule has 0 spiro atoms. The molecule has 0 aliphatic rings. The van der Waals surface area contributed by atoms with Gasteiger partial charge in [0, 0.05) is 6.61 Å². The topological polar surface area (TPSA) is 60.7 Å². The molecular formula is C17H24O3. The van der Waals surface area contributed by atoms with Crippen molar-refractivity contribution in [1.29, 1.82) is 0 Å². The van der Waals surface area contributed by atoms with Crippen LogP contribution >= 0.6 is 0 Å². The molecule has 0 radical (unpaired) electrons. The van der Waals surface area contributed by atoms with E-state index in [1.54, 1.807) is 0 Å². The van der Waals surface area contributed by atoms with Gasteiger partial charge in [0.15, 0.2) is 0 Å². The van der Waals surface area contributed by atoms with Gasteiger partial charge < -0.3 is 15.3 Å². The summed E-state index contributed by atoms with van der Waals surface area (Å²) >= 11 is 0. The van der Waals surface area contributed by atoms with Crippen LogP contribution in [0.2, 0.25) is 0 Å². The minimum Gasteiger partial charge on any atom is -0.396 e. The predicted molar refractivity (Wildman–Crippen MR) is 81.2 cm³/mol. The van der Waals surface area contributed by atoms with Crippen LogP contribution in [0.5, 0.6) is 0 Å². The number of aliphatic hydroxyl groups excluding tert-OH is 3. The Kier molecular flexibility index (Phi) is 7.88. The Balaban J connectivity index is 2.38. The summed E-state index contributed by atoms with van der Waals surface area (Å²) in [6.45, 7) is 1.91. The molecule has 2 atom stereocenters. The Bertz CT molecular complexity index is 423. The number of aliphatic hydroxyl groups is 3. The Labute approximate surface area is 120 Å². The van der Waals surface area contributed by atoms with Crippen molar-refractivity contribution in [3.05, 3.63) is 59.7 Å². The van der Waals surface area contributed by atoms with E-state index >= 15 is 0 Å². The van der Waals surface area contributed by atoms with Gasteiger partial charge in [-0.3, -0.25) is 0 Å². The van der Waals surface area contributed by atoms with E-state index in [1.165, 1.54) is 0 Å². The van der Waals surface area contributed by atoms with Crippen molar-refractivity contribution in [2.24, 2.45) is 0 Å². The molecule has 110 valence electrons. The number of hydrogen-bond acceptors (Lipinski definition) is 3. The maximum absolute atomic E-state index is 9.97. The molecule has 2 unspecified atom stereocenters. The molecule has 0 amide bonds. The van der Waals surface area contributed by atoms with Gasteiger partial charge in [-0.2, -0.15) is 0 Å². The van der Waals surface area contributed by atoms with Crippen LogP contribution in [0.3, 0.4) is 0 Å². The lowest BCUT2D eigenvalue weighted by Crippen LogP contribution is -2.10. The number of allylic oxidation sites excluding steroid dienone is 1. The van der Waals surface area contributed by atoms with Crippen LogP contribution in [0, 0.1) is 0 Å². The second-order valence-electron chi connectivity index (χ2n) is 4.72. The molecule has 0 saturated heterocycles. The van der Waals surface area contributed by atoms with Gasteiger partial charge in [0.2, 0.25) is 0 Å². The zero-order chi connectivity index (χ0) is 14.8. The van der Waals surface area contributed by atoms with Gasteiger partial charge in [0.05, 0.1) is 12.2 Å². The van der Waals surface area contributed by atoms with Gasteiger partial charge in [-0.15, -0.1) is 0 Å². The fourth-order valence-corrected chi connectivity index (χ4v) is 2.05. The zero-order valence-corrected chi connectivity index (χ0v) is 11.9. The van der Waals surface area contributed by atoms with E-state index < -0.39 is 12.2 Å². The Morgan fingerprint density at radius 2 is 1.75 bits per heavy atom. The largest absolute Gasteiger partial charge is 0.396 e. The molecular weight excluding hydrogens is 252 g/mol. The zero-order valence-electron chi connectivity index (χ0n) is 11.9. The summed E-state index contributed by atoms with van der Waals surface area (Å²) in [4.78, 5) is 0. The molecule has 0 bridgehead atoms. The normalized spacial score (nSPS) is 15.5. The van der Waals surface area contributed by atoms with Crippen molar-refractivity contribution in [2.45, 2.75) is 38.4 Å². The second kappa shape index (κ2) is 9.48. The Hall–Kier alpha value is -1.42. The van der Waals surface area contributed by atoms with Crippen LogP contribution in [-0.4, -0.2) is 28.0 Å². The van der Waals surface area contributed by atoms with Crippen LogP contribution in [0.25, 0.3) is 0 Å². The van der Waals surface area contributed by atoms with Crippen LogP contribution in [0.1, 0.15) is 37.9 Å². The van der Waals surface area contributed by atoms with Crippen molar-refractivity contribution in [3.8, 4) is 0 Å². The summed E-state index contributed by atoms with van der Waals surface area (Å²) < 4.78 is 0. The van der Waals surface area contributed by atoms with E-state index in [4.69, 9.17) is 5.11 Å². The number of rotatable bonds is 8. The SMILES string of the molecule is C/C=C(\CCO)C(O)C/C=C/CC(O)c1ccccc1. The molecule has 0 aliphatic heterocycles. The number of hydrogen-bond donors (Lipinski definition) is 3.